The number of hydrogen-bond donors (Lipinski definition) is 1. The number of fused-ring (bicyclic) bond motifs is 3. The quantitative estimate of drug-likeness (QED) is 0.727. The van der Waals surface area contributed by atoms with Crippen LogP contribution in [0.3, 0.4) is 0 Å². The summed E-state index contributed by atoms with van der Waals surface area (Å²) in [6, 6.07) is 12.6. The zero-order chi connectivity index (χ0) is 21.3. The van der Waals surface area contributed by atoms with Crippen LogP contribution in [-0.4, -0.2) is 39.5 Å². The number of amides is 2. The van der Waals surface area contributed by atoms with Gasteiger partial charge in [-0.05, 0) is 43.2 Å². The number of aryl methyl sites for hydroxylation is 1. The standard InChI is InChI=1S/C22H21ClN4O2S/c1-3-6-17-21(29)27-20(25-17)15-7-4-5-8-16(15)26-22(27)30-12-19(28)24-18-11-14(23)10-9-13(18)2/h4-5,7-11,17H,3,6,12H2,1-2H3,(H,24,28)/t17-/m1/s1. The van der Waals surface area contributed by atoms with Gasteiger partial charge in [0.15, 0.2) is 5.17 Å². The van der Waals surface area contributed by atoms with E-state index >= 15 is 0 Å². The monoisotopic (exact) mass is 440 g/mol. The number of nitrogens with zero attached hydrogens (tertiary/aromatic N) is 3. The SMILES string of the molecule is CCC[C@H]1N=C2c3ccccc3N=C(SCC(=O)Nc3cc(Cl)ccc3C)N2C1=O. The second kappa shape index (κ2) is 8.62. The first-order valence-electron chi connectivity index (χ1n) is 9.76. The maximum atomic E-state index is 13.0. The van der Waals surface area contributed by atoms with Crippen molar-refractivity contribution < 1.29 is 9.59 Å². The predicted octanol–water partition coefficient (Wildman–Crippen LogP) is 4.78. The Morgan fingerprint density at radius 1 is 1.27 bits per heavy atom. The van der Waals surface area contributed by atoms with E-state index < -0.39 is 6.04 Å². The fourth-order valence-electron chi connectivity index (χ4n) is 3.41. The highest BCUT2D eigenvalue weighted by Crippen LogP contribution is 2.34. The maximum Gasteiger partial charge on any atom is 0.259 e. The van der Waals surface area contributed by atoms with Crippen LogP contribution in [0.4, 0.5) is 11.4 Å². The number of anilines is 1. The summed E-state index contributed by atoms with van der Waals surface area (Å²) in [5.41, 5.74) is 3.19. The lowest BCUT2D eigenvalue weighted by atomic mass is 10.1. The minimum Gasteiger partial charge on any atom is -0.325 e. The summed E-state index contributed by atoms with van der Waals surface area (Å²) in [5.74, 6) is 0.459. The van der Waals surface area contributed by atoms with Crippen LogP contribution in [0.1, 0.15) is 30.9 Å². The van der Waals surface area contributed by atoms with Crippen molar-refractivity contribution in [1.82, 2.24) is 4.90 Å². The van der Waals surface area contributed by atoms with Crippen molar-refractivity contribution in [2.24, 2.45) is 9.98 Å². The van der Waals surface area contributed by atoms with Crippen molar-refractivity contribution >= 4 is 57.6 Å². The number of carbonyl (C=O) groups is 2. The highest BCUT2D eigenvalue weighted by molar-refractivity contribution is 8.14. The molecule has 154 valence electrons. The highest BCUT2D eigenvalue weighted by atomic mass is 35.5. The van der Waals surface area contributed by atoms with Crippen molar-refractivity contribution in [2.75, 3.05) is 11.1 Å². The molecule has 0 radical (unpaired) electrons. The summed E-state index contributed by atoms with van der Waals surface area (Å²) < 4.78 is 0. The molecule has 0 fully saturated rings. The number of rotatable bonds is 5. The molecule has 0 bridgehead atoms. The molecule has 6 nitrogen and oxygen atoms in total. The Kier molecular flexibility index (Phi) is 5.92. The van der Waals surface area contributed by atoms with Gasteiger partial charge in [-0.25, -0.2) is 9.89 Å². The average Bonchev–Trinajstić information content (AvgIpc) is 3.06. The van der Waals surface area contributed by atoms with Gasteiger partial charge in [-0.2, -0.15) is 0 Å². The van der Waals surface area contributed by atoms with Crippen molar-refractivity contribution in [2.45, 2.75) is 32.7 Å². The number of carbonyl (C=O) groups excluding carboxylic acids is 2. The molecule has 30 heavy (non-hydrogen) atoms. The summed E-state index contributed by atoms with van der Waals surface area (Å²) in [5, 5.41) is 3.92. The molecule has 0 spiro atoms. The Hall–Kier alpha value is -2.64. The number of thioether (sulfide) groups is 1. The van der Waals surface area contributed by atoms with Crippen LogP contribution in [-0.2, 0) is 9.59 Å². The Morgan fingerprint density at radius 2 is 2.07 bits per heavy atom. The van der Waals surface area contributed by atoms with Gasteiger partial charge in [0.2, 0.25) is 5.91 Å². The van der Waals surface area contributed by atoms with Crippen LogP contribution in [0.5, 0.6) is 0 Å². The van der Waals surface area contributed by atoms with Crippen molar-refractivity contribution in [3.63, 3.8) is 0 Å². The first-order valence-corrected chi connectivity index (χ1v) is 11.1. The minimum atomic E-state index is -0.398. The summed E-state index contributed by atoms with van der Waals surface area (Å²) in [6.07, 6.45) is 1.55. The normalized spacial score (nSPS) is 17.2. The average molecular weight is 441 g/mol. The molecule has 4 rings (SSSR count). The maximum absolute atomic E-state index is 13.0. The fraction of sp³-hybridized carbons (Fsp3) is 0.273. The summed E-state index contributed by atoms with van der Waals surface area (Å²) in [7, 11) is 0. The number of amidine groups is 2. The third-order valence-corrected chi connectivity index (χ3v) is 6.09. The third-order valence-electron chi connectivity index (χ3n) is 4.92. The third kappa shape index (κ3) is 4.00. The van der Waals surface area contributed by atoms with E-state index in [-0.39, 0.29) is 17.6 Å². The molecule has 0 saturated carbocycles. The first-order chi connectivity index (χ1) is 14.5. The molecule has 0 unspecified atom stereocenters. The van der Waals surface area contributed by atoms with E-state index in [1.165, 1.54) is 11.8 Å². The van der Waals surface area contributed by atoms with E-state index in [2.05, 4.69) is 15.3 Å². The van der Waals surface area contributed by atoms with E-state index in [9.17, 15) is 9.59 Å². The van der Waals surface area contributed by atoms with Crippen LogP contribution >= 0.6 is 23.4 Å². The summed E-state index contributed by atoms with van der Waals surface area (Å²) >= 11 is 7.26. The van der Waals surface area contributed by atoms with Gasteiger partial charge >= 0.3 is 0 Å². The lowest BCUT2D eigenvalue weighted by molar-refractivity contribution is -0.124. The van der Waals surface area contributed by atoms with Gasteiger partial charge in [0.25, 0.3) is 5.91 Å². The van der Waals surface area contributed by atoms with Crippen LogP contribution < -0.4 is 5.32 Å². The number of para-hydroxylation sites is 1. The molecule has 1 N–H and O–H groups in total. The van der Waals surface area contributed by atoms with Gasteiger partial charge in [-0.3, -0.25) is 14.6 Å². The first kappa shape index (κ1) is 20.6. The number of aliphatic imine (C=N–C) groups is 2. The van der Waals surface area contributed by atoms with Crippen molar-refractivity contribution in [1.29, 1.82) is 0 Å². The smallest absolute Gasteiger partial charge is 0.259 e. The Morgan fingerprint density at radius 3 is 2.87 bits per heavy atom. The lowest BCUT2D eigenvalue weighted by Crippen LogP contribution is -2.41. The molecular weight excluding hydrogens is 420 g/mol. The largest absolute Gasteiger partial charge is 0.325 e. The molecule has 2 aromatic carbocycles. The van der Waals surface area contributed by atoms with Crippen molar-refractivity contribution in [3.8, 4) is 0 Å². The van der Waals surface area contributed by atoms with Crippen LogP contribution in [0.25, 0.3) is 0 Å². The molecular formula is C22H21ClN4O2S. The number of halogens is 1. The zero-order valence-electron chi connectivity index (χ0n) is 16.7. The predicted molar refractivity (Wildman–Crippen MR) is 123 cm³/mol. The second-order valence-electron chi connectivity index (χ2n) is 7.14. The molecule has 0 aliphatic carbocycles. The van der Waals surface area contributed by atoms with E-state index in [1.807, 2.05) is 44.2 Å². The van der Waals surface area contributed by atoms with Gasteiger partial charge in [-0.15, -0.1) is 0 Å². The molecule has 1 atom stereocenters. The summed E-state index contributed by atoms with van der Waals surface area (Å²) in [4.78, 5) is 36.4. The highest BCUT2D eigenvalue weighted by Gasteiger charge is 2.40. The molecule has 2 aromatic rings. The topological polar surface area (TPSA) is 74.1 Å². The molecule has 2 amide bonds. The lowest BCUT2D eigenvalue weighted by Gasteiger charge is -2.25. The number of hydrogen-bond acceptors (Lipinski definition) is 5. The van der Waals surface area contributed by atoms with Crippen LogP contribution in [0, 0.1) is 6.92 Å². The fourth-order valence-corrected chi connectivity index (χ4v) is 4.38. The van der Waals surface area contributed by atoms with Gasteiger partial charge < -0.3 is 5.32 Å². The van der Waals surface area contributed by atoms with Gasteiger partial charge in [0, 0.05) is 16.3 Å². The molecule has 2 aliphatic heterocycles. The van der Waals surface area contributed by atoms with E-state index in [1.54, 1.807) is 17.0 Å². The van der Waals surface area contributed by atoms with E-state index in [0.29, 0.717) is 28.1 Å². The summed E-state index contributed by atoms with van der Waals surface area (Å²) in [6.45, 7) is 3.94. The Bertz CT molecular complexity index is 1080. The zero-order valence-corrected chi connectivity index (χ0v) is 18.3. The van der Waals surface area contributed by atoms with E-state index in [0.717, 1.165) is 23.2 Å². The molecule has 8 heteroatoms. The van der Waals surface area contributed by atoms with Crippen molar-refractivity contribution in [3.05, 3.63) is 58.6 Å². The second-order valence-corrected chi connectivity index (χ2v) is 8.52. The Balaban J connectivity index is 1.54. The van der Waals surface area contributed by atoms with Crippen LogP contribution in [0.15, 0.2) is 52.4 Å². The van der Waals surface area contributed by atoms with Crippen LogP contribution in [0.2, 0.25) is 5.02 Å². The van der Waals surface area contributed by atoms with E-state index in [4.69, 9.17) is 11.6 Å². The Labute approximate surface area is 184 Å². The molecule has 0 saturated heterocycles. The molecule has 2 aliphatic rings. The number of nitrogens with one attached hydrogen (secondary N) is 1. The molecule has 0 aromatic heterocycles. The van der Waals surface area contributed by atoms with Gasteiger partial charge in [0.05, 0.1) is 11.4 Å². The van der Waals surface area contributed by atoms with Gasteiger partial charge in [0.1, 0.15) is 11.9 Å². The minimum absolute atomic E-state index is 0.0845. The number of benzene rings is 2. The molecule has 2 heterocycles. The van der Waals surface area contributed by atoms with Gasteiger partial charge in [-0.1, -0.05) is 54.9 Å².